The van der Waals surface area contributed by atoms with Crippen LogP contribution in [0.2, 0.25) is 0 Å². The van der Waals surface area contributed by atoms with Gasteiger partial charge in [-0.15, -0.1) is 0 Å². The number of aryl methyl sites for hydroxylation is 1. The minimum atomic E-state index is 0.0156. The van der Waals surface area contributed by atoms with Crippen LogP contribution in [0.3, 0.4) is 0 Å². The topological polar surface area (TPSA) is 55.1 Å². The van der Waals surface area contributed by atoms with Crippen molar-refractivity contribution in [1.82, 2.24) is 5.32 Å². The van der Waals surface area contributed by atoms with E-state index in [1.165, 1.54) is 19.3 Å². The molecule has 17 heavy (non-hydrogen) atoms. The summed E-state index contributed by atoms with van der Waals surface area (Å²) in [5, 5.41) is 2.98. The third-order valence-corrected chi connectivity index (χ3v) is 3.56. The molecule has 1 aliphatic rings. The highest BCUT2D eigenvalue weighted by Crippen LogP contribution is 2.28. The Morgan fingerprint density at radius 3 is 2.82 bits per heavy atom. The molecule has 0 atom stereocenters. The van der Waals surface area contributed by atoms with Crippen LogP contribution in [0.25, 0.3) is 0 Å². The second-order valence-electron chi connectivity index (χ2n) is 4.92. The standard InChI is InChI=1S/C14H20N2O/c1-10-9-12(15)5-6-13(10)14(17)16-8-7-11-3-2-4-11/h5-6,9,11H,2-4,7-8,15H2,1H3,(H,16,17). The van der Waals surface area contributed by atoms with Gasteiger partial charge in [-0.05, 0) is 43.0 Å². The molecule has 0 aromatic heterocycles. The molecule has 3 heteroatoms. The van der Waals surface area contributed by atoms with Crippen LogP contribution < -0.4 is 11.1 Å². The van der Waals surface area contributed by atoms with Gasteiger partial charge < -0.3 is 11.1 Å². The molecule has 1 aliphatic carbocycles. The van der Waals surface area contributed by atoms with Crippen molar-refractivity contribution in [3.63, 3.8) is 0 Å². The lowest BCUT2D eigenvalue weighted by Gasteiger charge is -2.25. The lowest BCUT2D eigenvalue weighted by molar-refractivity contribution is 0.0948. The van der Waals surface area contributed by atoms with E-state index in [0.29, 0.717) is 5.69 Å². The van der Waals surface area contributed by atoms with Crippen LogP contribution >= 0.6 is 0 Å². The van der Waals surface area contributed by atoms with Crippen LogP contribution in [0.4, 0.5) is 5.69 Å². The van der Waals surface area contributed by atoms with Crippen molar-refractivity contribution in [3.8, 4) is 0 Å². The number of benzene rings is 1. The summed E-state index contributed by atoms with van der Waals surface area (Å²) in [6.07, 6.45) is 5.13. The number of rotatable bonds is 4. The predicted octanol–water partition coefficient (Wildman–Crippen LogP) is 2.50. The Morgan fingerprint density at radius 2 is 2.24 bits per heavy atom. The molecule has 1 aromatic rings. The highest BCUT2D eigenvalue weighted by molar-refractivity contribution is 5.95. The number of hydrogen-bond acceptors (Lipinski definition) is 2. The number of anilines is 1. The zero-order chi connectivity index (χ0) is 12.3. The summed E-state index contributed by atoms with van der Waals surface area (Å²) in [7, 11) is 0. The number of nitrogen functional groups attached to an aromatic ring is 1. The van der Waals surface area contributed by atoms with Crippen molar-refractivity contribution < 1.29 is 4.79 Å². The van der Waals surface area contributed by atoms with E-state index in [2.05, 4.69) is 5.32 Å². The van der Waals surface area contributed by atoms with E-state index < -0.39 is 0 Å². The van der Waals surface area contributed by atoms with Gasteiger partial charge in [0.15, 0.2) is 0 Å². The molecule has 0 unspecified atom stereocenters. The largest absolute Gasteiger partial charge is 0.399 e. The normalized spacial score (nSPS) is 15.4. The molecule has 1 aromatic carbocycles. The quantitative estimate of drug-likeness (QED) is 0.784. The Balaban J connectivity index is 1.85. The van der Waals surface area contributed by atoms with Crippen LogP contribution in [-0.4, -0.2) is 12.5 Å². The van der Waals surface area contributed by atoms with Crippen LogP contribution in [0.5, 0.6) is 0 Å². The van der Waals surface area contributed by atoms with Gasteiger partial charge in [0.2, 0.25) is 0 Å². The zero-order valence-corrected chi connectivity index (χ0v) is 10.3. The molecule has 0 saturated heterocycles. The smallest absolute Gasteiger partial charge is 0.251 e. The van der Waals surface area contributed by atoms with Crippen LogP contribution in [-0.2, 0) is 0 Å². The van der Waals surface area contributed by atoms with E-state index in [1.54, 1.807) is 12.1 Å². The lowest BCUT2D eigenvalue weighted by Crippen LogP contribution is -2.27. The second kappa shape index (κ2) is 5.21. The Kier molecular flexibility index (Phi) is 3.67. The fraction of sp³-hybridized carbons (Fsp3) is 0.500. The first-order valence-electron chi connectivity index (χ1n) is 6.31. The van der Waals surface area contributed by atoms with Crippen molar-refractivity contribution in [2.24, 2.45) is 5.92 Å². The average molecular weight is 232 g/mol. The summed E-state index contributed by atoms with van der Waals surface area (Å²) in [6.45, 7) is 2.70. The van der Waals surface area contributed by atoms with E-state index in [9.17, 15) is 4.79 Å². The van der Waals surface area contributed by atoms with Gasteiger partial charge in [-0.1, -0.05) is 19.3 Å². The Hall–Kier alpha value is -1.51. The molecule has 92 valence electrons. The highest BCUT2D eigenvalue weighted by Gasteiger charge is 2.17. The Morgan fingerprint density at radius 1 is 1.47 bits per heavy atom. The van der Waals surface area contributed by atoms with Crippen molar-refractivity contribution in [2.75, 3.05) is 12.3 Å². The first-order chi connectivity index (χ1) is 8.16. The molecule has 3 nitrogen and oxygen atoms in total. The molecule has 2 rings (SSSR count). The van der Waals surface area contributed by atoms with Crippen LogP contribution in [0.15, 0.2) is 18.2 Å². The summed E-state index contributed by atoms with van der Waals surface area (Å²) in [5.41, 5.74) is 8.03. The van der Waals surface area contributed by atoms with E-state index in [1.807, 2.05) is 13.0 Å². The third kappa shape index (κ3) is 2.99. The fourth-order valence-corrected chi connectivity index (χ4v) is 2.21. The predicted molar refractivity (Wildman–Crippen MR) is 69.9 cm³/mol. The summed E-state index contributed by atoms with van der Waals surface area (Å²) >= 11 is 0. The molecule has 0 aliphatic heterocycles. The summed E-state index contributed by atoms with van der Waals surface area (Å²) in [4.78, 5) is 11.9. The lowest BCUT2D eigenvalue weighted by atomic mass is 9.83. The van der Waals surface area contributed by atoms with Gasteiger partial charge in [-0.2, -0.15) is 0 Å². The molecular weight excluding hydrogens is 212 g/mol. The highest BCUT2D eigenvalue weighted by atomic mass is 16.1. The first-order valence-corrected chi connectivity index (χ1v) is 6.31. The van der Waals surface area contributed by atoms with Gasteiger partial charge in [0, 0.05) is 17.8 Å². The third-order valence-electron chi connectivity index (χ3n) is 3.56. The maximum Gasteiger partial charge on any atom is 0.251 e. The van der Waals surface area contributed by atoms with E-state index in [-0.39, 0.29) is 5.91 Å². The molecular formula is C14H20N2O. The zero-order valence-electron chi connectivity index (χ0n) is 10.3. The monoisotopic (exact) mass is 232 g/mol. The van der Waals surface area contributed by atoms with Gasteiger partial charge in [0.1, 0.15) is 0 Å². The van der Waals surface area contributed by atoms with Crippen LogP contribution in [0, 0.1) is 12.8 Å². The minimum absolute atomic E-state index is 0.0156. The van der Waals surface area contributed by atoms with E-state index in [0.717, 1.165) is 30.0 Å². The molecule has 1 fully saturated rings. The van der Waals surface area contributed by atoms with Gasteiger partial charge in [0.05, 0.1) is 0 Å². The molecule has 0 radical (unpaired) electrons. The number of carbonyl (C=O) groups excluding carboxylic acids is 1. The SMILES string of the molecule is Cc1cc(N)ccc1C(=O)NCCC1CCC1. The molecule has 3 N–H and O–H groups in total. The maximum absolute atomic E-state index is 11.9. The van der Waals surface area contributed by atoms with Crippen molar-refractivity contribution in [1.29, 1.82) is 0 Å². The Labute approximate surface area is 102 Å². The second-order valence-corrected chi connectivity index (χ2v) is 4.92. The Bertz CT molecular complexity index is 411. The number of amides is 1. The summed E-state index contributed by atoms with van der Waals surface area (Å²) in [5.74, 6) is 0.852. The van der Waals surface area contributed by atoms with Crippen molar-refractivity contribution in [2.45, 2.75) is 32.6 Å². The number of hydrogen-bond donors (Lipinski definition) is 2. The molecule has 0 spiro atoms. The van der Waals surface area contributed by atoms with Gasteiger partial charge >= 0.3 is 0 Å². The van der Waals surface area contributed by atoms with Gasteiger partial charge in [-0.3, -0.25) is 4.79 Å². The number of nitrogens with two attached hydrogens (primary N) is 1. The first kappa shape index (κ1) is 12.0. The molecule has 0 heterocycles. The van der Waals surface area contributed by atoms with Crippen LogP contribution in [0.1, 0.15) is 41.6 Å². The number of nitrogens with one attached hydrogen (secondary N) is 1. The maximum atomic E-state index is 11.9. The van der Waals surface area contributed by atoms with E-state index in [4.69, 9.17) is 5.73 Å². The van der Waals surface area contributed by atoms with Gasteiger partial charge in [0.25, 0.3) is 5.91 Å². The molecule has 0 bridgehead atoms. The molecule has 1 saturated carbocycles. The van der Waals surface area contributed by atoms with Crippen molar-refractivity contribution in [3.05, 3.63) is 29.3 Å². The number of carbonyl (C=O) groups is 1. The summed E-state index contributed by atoms with van der Waals surface area (Å²) < 4.78 is 0. The fourth-order valence-electron chi connectivity index (χ4n) is 2.21. The van der Waals surface area contributed by atoms with Crippen molar-refractivity contribution >= 4 is 11.6 Å². The minimum Gasteiger partial charge on any atom is -0.399 e. The summed E-state index contributed by atoms with van der Waals surface area (Å²) in [6, 6.07) is 5.40. The van der Waals surface area contributed by atoms with E-state index >= 15 is 0 Å². The molecule has 1 amide bonds. The average Bonchev–Trinajstić information content (AvgIpc) is 2.21. The van der Waals surface area contributed by atoms with Gasteiger partial charge in [-0.25, -0.2) is 0 Å².